The lowest BCUT2D eigenvalue weighted by molar-refractivity contribution is -0.693. The van der Waals surface area contributed by atoms with E-state index in [1.165, 1.54) is 34.5 Å². The predicted octanol–water partition coefficient (Wildman–Crippen LogP) is 2.75. The number of pyridine rings is 1. The Labute approximate surface area is 183 Å². The molecule has 0 saturated heterocycles. The van der Waals surface area contributed by atoms with Gasteiger partial charge < -0.3 is 4.42 Å². The van der Waals surface area contributed by atoms with Crippen LogP contribution in [0.4, 0.5) is 0 Å². The van der Waals surface area contributed by atoms with Crippen molar-refractivity contribution in [3.8, 4) is 0 Å². The molecule has 8 nitrogen and oxygen atoms in total. The number of hydrogen-bond donors (Lipinski definition) is 1. The molecule has 3 heterocycles. The van der Waals surface area contributed by atoms with E-state index in [0.717, 1.165) is 18.1 Å². The number of carbonyl (C=O) groups excluding carboxylic acids is 1. The number of H-pyrrole nitrogens is 1. The van der Waals surface area contributed by atoms with Gasteiger partial charge in [-0.3, -0.25) is 24.2 Å². The number of aromatic nitrogens is 4. The summed E-state index contributed by atoms with van der Waals surface area (Å²) in [6, 6.07) is 9.47. The van der Waals surface area contributed by atoms with Crippen molar-refractivity contribution in [2.24, 2.45) is 7.05 Å². The van der Waals surface area contributed by atoms with Crippen LogP contribution in [0.5, 0.6) is 0 Å². The molecule has 3 aromatic heterocycles. The smallest absolute Gasteiger partial charge is 0.339 e. The third-order valence-electron chi connectivity index (χ3n) is 3.36. The molecule has 3 rings (SSSR count). The highest BCUT2D eigenvalue weighted by Gasteiger charge is 2.06. The largest absolute Gasteiger partial charge is 0.460 e. The number of furan rings is 1. The van der Waals surface area contributed by atoms with Gasteiger partial charge in [-0.15, -0.1) is 0 Å². The monoisotopic (exact) mass is 451 g/mol. The molecule has 0 spiro atoms. The van der Waals surface area contributed by atoms with Crippen LogP contribution in [0.3, 0.4) is 0 Å². The molecule has 0 aliphatic heterocycles. The maximum atomic E-state index is 11.0. The Hall–Kier alpha value is -2.59. The van der Waals surface area contributed by atoms with Crippen LogP contribution < -0.4 is 15.7 Å². The van der Waals surface area contributed by atoms with Crippen LogP contribution in [0.25, 0.3) is 0 Å². The zero-order valence-electron chi connectivity index (χ0n) is 17.5. The highest BCUT2D eigenvalue weighted by atomic mass is 32.2. The first-order valence-electron chi connectivity index (χ1n) is 9.37. The summed E-state index contributed by atoms with van der Waals surface area (Å²) in [5.74, 6) is 2.04. The summed E-state index contributed by atoms with van der Waals surface area (Å²) < 4.78 is 8.44. The molecule has 30 heavy (non-hydrogen) atoms. The lowest BCUT2D eigenvalue weighted by atomic mass is 10.5. The van der Waals surface area contributed by atoms with Crippen molar-refractivity contribution >= 4 is 28.6 Å². The molecular weight excluding hydrogens is 424 g/mol. The Bertz CT molecular complexity index is 986. The first-order chi connectivity index (χ1) is 14.4. The minimum atomic E-state index is -0.732. The minimum absolute atomic E-state index is 0.00694. The predicted molar refractivity (Wildman–Crippen MR) is 120 cm³/mol. The number of thioether (sulfide) groups is 2. The van der Waals surface area contributed by atoms with E-state index in [9.17, 15) is 14.4 Å². The van der Waals surface area contributed by atoms with Gasteiger partial charge in [0.1, 0.15) is 6.54 Å². The summed E-state index contributed by atoms with van der Waals surface area (Å²) in [4.78, 5) is 36.1. The maximum absolute atomic E-state index is 11.0. The molecule has 0 aliphatic rings. The van der Waals surface area contributed by atoms with Crippen molar-refractivity contribution < 1.29 is 13.8 Å². The van der Waals surface area contributed by atoms with Gasteiger partial charge in [0.2, 0.25) is 0 Å². The molecule has 0 unspecified atom stereocenters. The van der Waals surface area contributed by atoms with Crippen LogP contribution >= 0.6 is 23.5 Å². The van der Waals surface area contributed by atoms with Crippen molar-refractivity contribution in [1.29, 1.82) is 0 Å². The van der Waals surface area contributed by atoms with Crippen molar-refractivity contribution in [2.45, 2.75) is 32.5 Å². The minimum Gasteiger partial charge on any atom is -0.460 e. The lowest BCUT2D eigenvalue weighted by Crippen LogP contribution is -2.33. The number of nitrogens with one attached hydrogen (secondary N) is 1. The van der Waals surface area contributed by atoms with Gasteiger partial charge in [0.05, 0.1) is 6.26 Å². The van der Waals surface area contributed by atoms with Crippen LogP contribution in [-0.2, 0) is 13.6 Å². The van der Waals surface area contributed by atoms with E-state index in [1.807, 2.05) is 32.0 Å². The second-order valence-corrected chi connectivity index (χ2v) is 8.00. The Morgan fingerprint density at radius 2 is 1.83 bits per heavy atom. The number of rotatable bonds is 5. The Balaban J connectivity index is 0.000000230. The third-order valence-corrected chi connectivity index (χ3v) is 5.03. The average Bonchev–Trinajstić information content (AvgIpc) is 3.29. The Morgan fingerprint density at radius 1 is 1.13 bits per heavy atom. The van der Waals surface area contributed by atoms with Gasteiger partial charge in [0.15, 0.2) is 23.3 Å². The highest BCUT2D eigenvalue weighted by molar-refractivity contribution is 8.14. The molecule has 0 radical (unpaired) electrons. The molecule has 1 N–H and O–H groups in total. The second kappa shape index (κ2) is 14.4. The summed E-state index contributed by atoms with van der Waals surface area (Å²) in [7, 11) is 1.64. The van der Waals surface area contributed by atoms with Gasteiger partial charge in [-0.1, -0.05) is 43.4 Å². The molecule has 0 fully saturated rings. The van der Waals surface area contributed by atoms with Crippen LogP contribution in [0.1, 0.15) is 31.3 Å². The van der Waals surface area contributed by atoms with E-state index in [2.05, 4.69) is 34.0 Å². The Morgan fingerprint density at radius 3 is 2.33 bits per heavy atom. The van der Waals surface area contributed by atoms with Crippen molar-refractivity contribution in [2.75, 3.05) is 11.5 Å². The van der Waals surface area contributed by atoms with E-state index in [-0.39, 0.29) is 5.12 Å². The molecule has 0 aromatic carbocycles. The van der Waals surface area contributed by atoms with E-state index >= 15 is 0 Å². The standard InChI is InChI=1S/C7H10N.C7H8O2S.C6H9N3O2S/c1-2-8-6-4-3-5-7-8;1-2-10-7(8)6-4-3-5-9-6;1-3-12-6-7-4(10)5(11)8-9(6)2/h3-7H,2H2,1H3;3-5H,2H2,1H3;3H2,1-2H3,(H,8,11)/q+1;;. The summed E-state index contributed by atoms with van der Waals surface area (Å²) in [5.41, 5.74) is -1.41. The number of aryl methyl sites for hydroxylation is 2. The highest BCUT2D eigenvalue weighted by Crippen LogP contribution is 2.11. The van der Waals surface area contributed by atoms with Gasteiger partial charge >= 0.3 is 11.1 Å². The number of hydrogen-bond acceptors (Lipinski definition) is 7. The first-order valence-corrected chi connectivity index (χ1v) is 11.3. The fourth-order valence-corrected chi connectivity index (χ4v) is 3.13. The molecule has 0 atom stereocenters. The Kier molecular flexibility index (Phi) is 12.2. The normalized spacial score (nSPS) is 9.73. The molecule has 0 aliphatic carbocycles. The average molecular weight is 452 g/mol. The van der Waals surface area contributed by atoms with E-state index in [4.69, 9.17) is 4.42 Å². The van der Waals surface area contributed by atoms with E-state index in [1.54, 1.807) is 19.2 Å². The van der Waals surface area contributed by atoms with Crippen molar-refractivity contribution in [3.63, 3.8) is 0 Å². The van der Waals surface area contributed by atoms with Crippen LogP contribution in [-0.4, -0.2) is 31.4 Å². The molecule has 162 valence electrons. The van der Waals surface area contributed by atoms with Crippen LogP contribution in [0.2, 0.25) is 0 Å². The topological polar surface area (TPSA) is 102 Å². The first kappa shape index (κ1) is 25.4. The molecule has 0 saturated carbocycles. The lowest BCUT2D eigenvalue weighted by Gasteiger charge is -2.02. The van der Waals surface area contributed by atoms with Gasteiger partial charge in [0, 0.05) is 19.2 Å². The summed E-state index contributed by atoms with van der Waals surface area (Å²) in [6.45, 7) is 7.06. The van der Waals surface area contributed by atoms with Crippen LogP contribution in [0, 0.1) is 0 Å². The SMILES string of the molecule is CCSC(=O)c1ccco1.CCSc1nc(=O)c(=O)[nH]n1C.CC[n+]1ccccc1. The molecule has 0 amide bonds. The molecule has 3 aromatic rings. The van der Waals surface area contributed by atoms with E-state index in [0.29, 0.717) is 10.9 Å². The van der Waals surface area contributed by atoms with Gasteiger partial charge in [0.25, 0.3) is 5.12 Å². The zero-order valence-corrected chi connectivity index (χ0v) is 19.2. The van der Waals surface area contributed by atoms with Crippen molar-refractivity contribution in [3.05, 3.63) is 75.5 Å². The zero-order chi connectivity index (χ0) is 22.4. The second-order valence-electron chi connectivity index (χ2n) is 5.54. The fraction of sp³-hybridized carbons (Fsp3) is 0.350. The molecule has 0 bridgehead atoms. The molecule has 10 heteroatoms. The van der Waals surface area contributed by atoms with Gasteiger partial charge in [-0.05, 0) is 30.6 Å². The summed E-state index contributed by atoms with van der Waals surface area (Å²) in [5, 5.41) is 2.89. The number of nitrogens with zero attached hydrogens (tertiary/aromatic N) is 3. The van der Waals surface area contributed by atoms with Crippen molar-refractivity contribution in [1.82, 2.24) is 14.8 Å². The number of aromatic amines is 1. The van der Waals surface area contributed by atoms with Gasteiger partial charge in [-0.2, -0.15) is 4.98 Å². The molecular formula is C20H27N4O4S2+. The van der Waals surface area contributed by atoms with E-state index < -0.39 is 11.1 Å². The maximum Gasteiger partial charge on any atom is 0.339 e. The quantitative estimate of drug-likeness (QED) is 0.361. The van der Waals surface area contributed by atoms with Crippen LogP contribution in [0.15, 0.2) is 68.2 Å². The van der Waals surface area contributed by atoms with Gasteiger partial charge in [-0.25, -0.2) is 4.57 Å². The number of carbonyl (C=O) groups is 1. The summed E-state index contributed by atoms with van der Waals surface area (Å²) in [6.07, 6.45) is 5.61. The third kappa shape index (κ3) is 9.27. The summed E-state index contributed by atoms with van der Waals surface area (Å²) >= 11 is 2.66. The fourth-order valence-electron chi connectivity index (χ4n) is 1.96.